The lowest BCUT2D eigenvalue weighted by Crippen LogP contribution is -2.50. The molecule has 11 heavy (non-hydrogen) atoms. The van der Waals surface area contributed by atoms with Crippen LogP contribution in [-0.2, 0) is 0 Å². The fourth-order valence-electron chi connectivity index (χ4n) is 1.37. The first-order valence-electron chi connectivity index (χ1n) is 3.94. The van der Waals surface area contributed by atoms with Crippen LogP contribution in [0.15, 0.2) is 12.7 Å². The predicted octanol–water partition coefficient (Wildman–Crippen LogP) is -0.354. The zero-order chi connectivity index (χ0) is 8.27. The summed E-state index contributed by atoms with van der Waals surface area (Å²) in [5.74, 6) is 0. The van der Waals surface area contributed by atoms with Crippen LogP contribution in [0, 0.1) is 0 Å². The van der Waals surface area contributed by atoms with Crippen molar-refractivity contribution < 1.29 is 10.2 Å². The van der Waals surface area contributed by atoms with Gasteiger partial charge in [-0.15, -0.1) is 6.58 Å². The van der Waals surface area contributed by atoms with Gasteiger partial charge in [-0.25, -0.2) is 0 Å². The molecule has 0 amide bonds. The van der Waals surface area contributed by atoms with E-state index in [0.717, 1.165) is 6.42 Å². The standard InChI is InChI=1S/C8H15NO2/c1-2-3-7-8(11)4-6(10)5-9-7/h2,6-11H,1,3-5H2/t6-,7-,8-/m0/s1. The van der Waals surface area contributed by atoms with E-state index in [1.165, 1.54) is 0 Å². The summed E-state index contributed by atoms with van der Waals surface area (Å²) in [6.07, 6.45) is 2.18. The van der Waals surface area contributed by atoms with E-state index in [9.17, 15) is 5.11 Å². The Labute approximate surface area is 66.7 Å². The van der Waals surface area contributed by atoms with Gasteiger partial charge in [0.2, 0.25) is 0 Å². The third-order valence-corrected chi connectivity index (χ3v) is 2.01. The Bertz CT molecular complexity index is 138. The molecule has 3 heteroatoms. The molecule has 0 aromatic rings. The summed E-state index contributed by atoms with van der Waals surface area (Å²) >= 11 is 0. The number of aliphatic hydroxyl groups is 2. The van der Waals surface area contributed by atoms with Crippen LogP contribution < -0.4 is 5.32 Å². The average molecular weight is 157 g/mol. The van der Waals surface area contributed by atoms with E-state index in [-0.39, 0.29) is 6.04 Å². The van der Waals surface area contributed by atoms with Gasteiger partial charge in [0, 0.05) is 19.0 Å². The summed E-state index contributed by atoms with van der Waals surface area (Å²) in [6.45, 7) is 4.17. The third-order valence-electron chi connectivity index (χ3n) is 2.01. The smallest absolute Gasteiger partial charge is 0.0721 e. The minimum atomic E-state index is -0.434. The Balaban J connectivity index is 2.37. The van der Waals surface area contributed by atoms with Crippen molar-refractivity contribution in [2.24, 2.45) is 0 Å². The number of rotatable bonds is 2. The van der Waals surface area contributed by atoms with Gasteiger partial charge < -0.3 is 15.5 Å². The SMILES string of the molecule is C=CC[C@@H]1NC[C@@H](O)C[C@@H]1O. The Morgan fingerprint density at radius 2 is 2.27 bits per heavy atom. The van der Waals surface area contributed by atoms with Crippen LogP contribution in [0.1, 0.15) is 12.8 Å². The Morgan fingerprint density at radius 3 is 2.82 bits per heavy atom. The second kappa shape index (κ2) is 3.85. The van der Waals surface area contributed by atoms with Crippen LogP contribution in [-0.4, -0.2) is 35.0 Å². The number of piperidine rings is 1. The maximum atomic E-state index is 9.40. The van der Waals surface area contributed by atoms with E-state index in [4.69, 9.17) is 5.11 Å². The van der Waals surface area contributed by atoms with E-state index in [2.05, 4.69) is 11.9 Å². The maximum absolute atomic E-state index is 9.40. The average Bonchev–Trinajstić information content (AvgIpc) is 1.95. The second-order valence-electron chi connectivity index (χ2n) is 3.00. The molecule has 1 aliphatic rings. The highest BCUT2D eigenvalue weighted by molar-refractivity contribution is 4.89. The van der Waals surface area contributed by atoms with Gasteiger partial charge in [0.05, 0.1) is 12.2 Å². The molecule has 1 saturated heterocycles. The summed E-state index contributed by atoms with van der Waals surface area (Å²) in [5, 5.41) is 21.6. The first kappa shape index (κ1) is 8.71. The number of hydrogen-bond donors (Lipinski definition) is 3. The molecule has 3 atom stereocenters. The minimum Gasteiger partial charge on any atom is -0.392 e. The summed E-state index contributed by atoms with van der Waals surface area (Å²) in [6, 6.07) is 0.0795. The van der Waals surface area contributed by atoms with E-state index < -0.39 is 12.2 Å². The molecule has 0 bridgehead atoms. The Hall–Kier alpha value is -0.380. The molecule has 3 N–H and O–H groups in total. The molecular weight excluding hydrogens is 142 g/mol. The van der Waals surface area contributed by atoms with Crippen LogP contribution >= 0.6 is 0 Å². The second-order valence-corrected chi connectivity index (χ2v) is 3.00. The van der Waals surface area contributed by atoms with Crippen molar-refractivity contribution in [1.29, 1.82) is 0 Å². The van der Waals surface area contributed by atoms with E-state index in [1.807, 2.05) is 0 Å². The number of β-amino-alcohol motifs (C(OH)–C–C–N with tert-alkyl or cyclic N) is 1. The summed E-state index contributed by atoms with van der Waals surface area (Å²) in [7, 11) is 0. The van der Waals surface area contributed by atoms with Crippen molar-refractivity contribution in [2.45, 2.75) is 31.1 Å². The van der Waals surface area contributed by atoms with Gasteiger partial charge in [-0.2, -0.15) is 0 Å². The van der Waals surface area contributed by atoms with Gasteiger partial charge >= 0.3 is 0 Å². The highest BCUT2D eigenvalue weighted by atomic mass is 16.3. The first-order valence-corrected chi connectivity index (χ1v) is 3.94. The van der Waals surface area contributed by atoms with E-state index >= 15 is 0 Å². The van der Waals surface area contributed by atoms with Gasteiger partial charge in [0.1, 0.15) is 0 Å². The number of aliphatic hydroxyl groups excluding tert-OH is 2. The molecule has 1 fully saturated rings. The van der Waals surface area contributed by atoms with Gasteiger partial charge in [0.15, 0.2) is 0 Å². The lowest BCUT2D eigenvalue weighted by Gasteiger charge is -2.31. The van der Waals surface area contributed by atoms with Crippen molar-refractivity contribution in [3.8, 4) is 0 Å². The first-order chi connectivity index (χ1) is 5.24. The molecule has 0 radical (unpaired) electrons. The largest absolute Gasteiger partial charge is 0.392 e. The lowest BCUT2D eigenvalue weighted by molar-refractivity contribution is 0.0237. The Morgan fingerprint density at radius 1 is 1.55 bits per heavy atom. The van der Waals surface area contributed by atoms with Crippen molar-refractivity contribution in [2.75, 3.05) is 6.54 Å². The van der Waals surface area contributed by atoms with Gasteiger partial charge in [-0.1, -0.05) is 6.08 Å². The highest BCUT2D eigenvalue weighted by Crippen LogP contribution is 2.11. The van der Waals surface area contributed by atoms with Gasteiger partial charge in [-0.3, -0.25) is 0 Å². The summed E-state index contributed by atoms with van der Waals surface area (Å²) in [5.41, 5.74) is 0. The fourth-order valence-corrected chi connectivity index (χ4v) is 1.37. The van der Waals surface area contributed by atoms with E-state index in [0.29, 0.717) is 13.0 Å². The zero-order valence-electron chi connectivity index (χ0n) is 6.53. The molecule has 0 aliphatic carbocycles. The van der Waals surface area contributed by atoms with Crippen molar-refractivity contribution in [3.63, 3.8) is 0 Å². The molecule has 1 rings (SSSR count). The molecule has 0 aromatic heterocycles. The molecule has 64 valence electrons. The van der Waals surface area contributed by atoms with Crippen LogP contribution in [0.5, 0.6) is 0 Å². The molecule has 0 aromatic carbocycles. The number of hydrogen-bond acceptors (Lipinski definition) is 3. The maximum Gasteiger partial charge on any atom is 0.0721 e. The molecular formula is C8H15NO2. The molecule has 1 heterocycles. The normalized spacial score (nSPS) is 38.5. The Kier molecular flexibility index (Phi) is 3.05. The monoisotopic (exact) mass is 157 g/mol. The quantitative estimate of drug-likeness (QED) is 0.480. The molecule has 1 aliphatic heterocycles. The summed E-state index contributed by atoms with van der Waals surface area (Å²) < 4.78 is 0. The number of nitrogens with one attached hydrogen (secondary N) is 1. The van der Waals surface area contributed by atoms with Crippen LogP contribution in [0.4, 0.5) is 0 Å². The fraction of sp³-hybridized carbons (Fsp3) is 0.750. The highest BCUT2D eigenvalue weighted by Gasteiger charge is 2.25. The molecule has 0 saturated carbocycles. The predicted molar refractivity (Wildman–Crippen MR) is 43.2 cm³/mol. The minimum absolute atomic E-state index is 0.0795. The van der Waals surface area contributed by atoms with Gasteiger partial charge in [0.25, 0.3) is 0 Å². The van der Waals surface area contributed by atoms with Crippen LogP contribution in [0.2, 0.25) is 0 Å². The van der Waals surface area contributed by atoms with E-state index in [1.54, 1.807) is 6.08 Å². The van der Waals surface area contributed by atoms with Crippen molar-refractivity contribution in [1.82, 2.24) is 5.32 Å². The van der Waals surface area contributed by atoms with Crippen LogP contribution in [0.3, 0.4) is 0 Å². The zero-order valence-corrected chi connectivity index (χ0v) is 6.53. The molecule has 0 spiro atoms. The van der Waals surface area contributed by atoms with Crippen molar-refractivity contribution >= 4 is 0 Å². The molecule has 3 nitrogen and oxygen atoms in total. The topological polar surface area (TPSA) is 52.5 Å². The third kappa shape index (κ3) is 2.29. The summed E-state index contributed by atoms with van der Waals surface area (Å²) in [4.78, 5) is 0. The lowest BCUT2D eigenvalue weighted by atomic mass is 9.97. The van der Waals surface area contributed by atoms with Gasteiger partial charge in [-0.05, 0) is 6.42 Å². The van der Waals surface area contributed by atoms with Crippen molar-refractivity contribution in [3.05, 3.63) is 12.7 Å². The van der Waals surface area contributed by atoms with Crippen LogP contribution in [0.25, 0.3) is 0 Å². The molecule has 0 unspecified atom stereocenters.